The highest BCUT2D eigenvalue weighted by Crippen LogP contribution is 2.17. The van der Waals surface area contributed by atoms with Gasteiger partial charge in [-0.2, -0.15) is 0 Å². The summed E-state index contributed by atoms with van der Waals surface area (Å²) in [5, 5.41) is 15.4. The van der Waals surface area contributed by atoms with E-state index in [0.717, 1.165) is 11.3 Å². The molecule has 1 N–H and O–H groups in total. The zero-order valence-electron chi connectivity index (χ0n) is 13.8. The van der Waals surface area contributed by atoms with Crippen LogP contribution in [0.2, 0.25) is 5.02 Å². The molecule has 0 saturated heterocycles. The maximum absolute atomic E-state index is 12.0. The summed E-state index contributed by atoms with van der Waals surface area (Å²) in [5.41, 5.74) is 1.02. The number of thioether (sulfide) groups is 1. The number of aromatic nitrogens is 5. The van der Waals surface area contributed by atoms with Crippen LogP contribution in [-0.2, 0) is 11.3 Å². The predicted octanol–water partition coefficient (Wildman–Crippen LogP) is 2.51. The third kappa shape index (κ3) is 4.93. The molecule has 0 radical (unpaired) electrons. The van der Waals surface area contributed by atoms with Gasteiger partial charge in [0.2, 0.25) is 11.1 Å². The normalized spacial score (nSPS) is 10.5. The quantitative estimate of drug-likeness (QED) is 0.619. The Hall–Kier alpha value is -2.65. The molecular weight excluding hydrogens is 376 g/mol. The van der Waals surface area contributed by atoms with Crippen molar-refractivity contribution >= 4 is 35.1 Å². The number of tetrazole rings is 1. The lowest BCUT2D eigenvalue weighted by molar-refractivity contribution is -0.113. The highest BCUT2D eigenvalue weighted by molar-refractivity contribution is 7.99. The molecule has 3 aromatic rings. The van der Waals surface area contributed by atoms with Crippen LogP contribution in [0.4, 0.5) is 5.82 Å². The number of nitrogens with zero attached hydrogens (tertiary/aromatic N) is 5. The van der Waals surface area contributed by atoms with Crippen molar-refractivity contribution in [2.24, 2.45) is 0 Å². The number of anilines is 1. The maximum atomic E-state index is 12.0. The Morgan fingerprint density at radius 3 is 2.77 bits per heavy atom. The third-order valence-electron chi connectivity index (χ3n) is 3.32. The lowest BCUT2D eigenvalue weighted by atomic mass is 10.2. The molecule has 26 heavy (non-hydrogen) atoms. The molecule has 1 aromatic carbocycles. The number of pyridine rings is 1. The van der Waals surface area contributed by atoms with Crippen LogP contribution < -0.4 is 10.1 Å². The monoisotopic (exact) mass is 390 g/mol. The van der Waals surface area contributed by atoms with Gasteiger partial charge in [-0.15, -0.1) is 5.10 Å². The molecule has 0 aliphatic carbocycles. The fourth-order valence-corrected chi connectivity index (χ4v) is 2.85. The number of hydrogen-bond donors (Lipinski definition) is 1. The van der Waals surface area contributed by atoms with Gasteiger partial charge in [0, 0.05) is 6.20 Å². The Kier molecular flexibility index (Phi) is 6.03. The number of nitrogens with one attached hydrogen (secondary N) is 1. The predicted molar refractivity (Wildman–Crippen MR) is 98.5 cm³/mol. The Labute approximate surface area is 158 Å². The number of benzene rings is 1. The van der Waals surface area contributed by atoms with Gasteiger partial charge in [-0.3, -0.25) is 4.79 Å². The standard InChI is InChI=1S/C16H15ClN6O2S/c1-25-13-5-2-11(3-6-13)9-23-16(20-21-22-23)26-10-15(24)19-14-7-4-12(17)8-18-14/h2-8H,9-10H2,1H3,(H,18,19,24). The van der Waals surface area contributed by atoms with Crippen LogP contribution in [0, 0.1) is 0 Å². The van der Waals surface area contributed by atoms with E-state index in [4.69, 9.17) is 16.3 Å². The molecular formula is C16H15ClN6O2S. The Bertz CT molecular complexity index is 869. The molecule has 0 bridgehead atoms. The molecule has 0 aliphatic rings. The van der Waals surface area contributed by atoms with Crippen molar-refractivity contribution in [1.29, 1.82) is 0 Å². The van der Waals surface area contributed by atoms with E-state index in [1.54, 1.807) is 23.9 Å². The van der Waals surface area contributed by atoms with Crippen molar-refractivity contribution in [2.75, 3.05) is 18.2 Å². The molecule has 134 valence electrons. The van der Waals surface area contributed by atoms with Gasteiger partial charge in [0.15, 0.2) is 0 Å². The first-order chi connectivity index (χ1) is 12.6. The molecule has 8 nitrogen and oxygen atoms in total. The van der Waals surface area contributed by atoms with E-state index in [2.05, 4.69) is 25.8 Å². The number of ether oxygens (including phenoxy) is 1. The number of halogens is 1. The second-order valence-electron chi connectivity index (χ2n) is 5.17. The zero-order chi connectivity index (χ0) is 18.4. The molecule has 2 aromatic heterocycles. The Morgan fingerprint density at radius 1 is 1.27 bits per heavy atom. The van der Waals surface area contributed by atoms with Gasteiger partial charge in [-0.25, -0.2) is 9.67 Å². The molecule has 0 atom stereocenters. The molecule has 0 saturated carbocycles. The number of amides is 1. The Balaban J connectivity index is 1.56. The van der Waals surface area contributed by atoms with E-state index in [9.17, 15) is 4.79 Å². The van der Waals surface area contributed by atoms with Gasteiger partial charge in [-0.1, -0.05) is 35.5 Å². The lowest BCUT2D eigenvalue weighted by Crippen LogP contribution is -2.15. The molecule has 1 amide bonds. The topological polar surface area (TPSA) is 94.8 Å². The van der Waals surface area contributed by atoms with Gasteiger partial charge in [0.05, 0.1) is 24.4 Å². The van der Waals surface area contributed by atoms with Crippen molar-refractivity contribution in [3.8, 4) is 5.75 Å². The molecule has 10 heteroatoms. The largest absolute Gasteiger partial charge is 0.497 e. The summed E-state index contributed by atoms with van der Waals surface area (Å²) >= 11 is 7.01. The molecule has 2 heterocycles. The first kappa shape index (κ1) is 18.2. The van der Waals surface area contributed by atoms with E-state index in [0.29, 0.717) is 22.5 Å². The van der Waals surface area contributed by atoms with E-state index in [1.807, 2.05) is 24.3 Å². The van der Waals surface area contributed by atoms with Gasteiger partial charge < -0.3 is 10.1 Å². The van der Waals surface area contributed by atoms with Crippen LogP contribution in [0.5, 0.6) is 5.75 Å². The van der Waals surface area contributed by atoms with Crippen LogP contribution >= 0.6 is 23.4 Å². The molecule has 0 unspecified atom stereocenters. The van der Waals surface area contributed by atoms with E-state index in [1.165, 1.54) is 18.0 Å². The maximum Gasteiger partial charge on any atom is 0.236 e. The first-order valence-electron chi connectivity index (χ1n) is 7.57. The van der Waals surface area contributed by atoms with Gasteiger partial charge in [-0.05, 0) is 40.3 Å². The summed E-state index contributed by atoms with van der Waals surface area (Å²) in [7, 11) is 1.62. The minimum absolute atomic E-state index is 0.160. The second-order valence-corrected chi connectivity index (χ2v) is 6.54. The fraction of sp³-hybridized carbons (Fsp3) is 0.188. The van der Waals surface area contributed by atoms with Crippen molar-refractivity contribution < 1.29 is 9.53 Å². The van der Waals surface area contributed by atoms with Crippen LogP contribution in [0.25, 0.3) is 0 Å². The summed E-state index contributed by atoms with van der Waals surface area (Å²) in [6, 6.07) is 10.9. The fourth-order valence-electron chi connectivity index (χ4n) is 2.06. The number of carbonyl (C=O) groups excluding carboxylic acids is 1. The van der Waals surface area contributed by atoms with Gasteiger partial charge in [0.1, 0.15) is 11.6 Å². The SMILES string of the molecule is COc1ccc(Cn2nnnc2SCC(=O)Nc2ccc(Cl)cn2)cc1. The minimum Gasteiger partial charge on any atom is -0.497 e. The molecule has 3 rings (SSSR count). The first-order valence-corrected chi connectivity index (χ1v) is 8.93. The van der Waals surface area contributed by atoms with Crippen LogP contribution in [-0.4, -0.2) is 44.0 Å². The molecule has 0 spiro atoms. The summed E-state index contributed by atoms with van der Waals surface area (Å²) in [6.45, 7) is 0.500. The van der Waals surface area contributed by atoms with Crippen LogP contribution in [0.15, 0.2) is 47.8 Å². The third-order valence-corrected chi connectivity index (χ3v) is 4.50. The van der Waals surface area contributed by atoms with E-state index < -0.39 is 0 Å². The number of methoxy groups -OCH3 is 1. The van der Waals surface area contributed by atoms with Crippen molar-refractivity contribution in [2.45, 2.75) is 11.7 Å². The van der Waals surface area contributed by atoms with Gasteiger partial charge >= 0.3 is 0 Å². The average Bonchev–Trinajstić information content (AvgIpc) is 3.09. The number of rotatable bonds is 7. The highest BCUT2D eigenvalue weighted by atomic mass is 35.5. The van der Waals surface area contributed by atoms with Crippen molar-refractivity contribution in [3.63, 3.8) is 0 Å². The number of hydrogen-bond acceptors (Lipinski definition) is 7. The summed E-state index contributed by atoms with van der Waals surface area (Å²) in [4.78, 5) is 16.1. The molecule has 0 fully saturated rings. The minimum atomic E-state index is -0.205. The number of carbonyl (C=O) groups is 1. The van der Waals surface area contributed by atoms with Gasteiger partial charge in [0.25, 0.3) is 0 Å². The Morgan fingerprint density at radius 2 is 2.08 bits per heavy atom. The summed E-state index contributed by atoms with van der Waals surface area (Å²) < 4.78 is 6.78. The summed E-state index contributed by atoms with van der Waals surface area (Å²) in [5.74, 6) is 1.18. The molecule has 0 aliphatic heterocycles. The van der Waals surface area contributed by atoms with Crippen molar-refractivity contribution in [3.05, 3.63) is 53.2 Å². The van der Waals surface area contributed by atoms with Crippen LogP contribution in [0.1, 0.15) is 5.56 Å². The van der Waals surface area contributed by atoms with Crippen LogP contribution in [0.3, 0.4) is 0 Å². The lowest BCUT2D eigenvalue weighted by Gasteiger charge is -2.06. The zero-order valence-corrected chi connectivity index (χ0v) is 15.4. The van der Waals surface area contributed by atoms with E-state index in [-0.39, 0.29) is 11.7 Å². The smallest absolute Gasteiger partial charge is 0.236 e. The highest BCUT2D eigenvalue weighted by Gasteiger charge is 2.11. The summed E-state index contributed by atoms with van der Waals surface area (Å²) in [6.07, 6.45) is 1.47. The van der Waals surface area contributed by atoms with Crippen molar-refractivity contribution in [1.82, 2.24) is 25.2 Å². The second kappa shape index (κ2) is 8.63. The van der Waals surface area contributed by atoms with E-state index >= 15 is 0 Å². The average molecular weight is 391 g/mol.